The number of ether oxygens (including phenoxy) is 5. The second-order valence-corrected chi connectivity index (χ2v) is 7.16. The standard InChI is InChI=1S/C26H34O7/c1-5-8-14-32-24-16-19(17-25(30-6-2)26(28)31-7-3)9-12-22(24)33-15-13-20-10-11-21(27)18-23(20)29-4/h9-12,16-18,27H,5-8,13-15H2,1-4H3/b25-17-. The van der Waals surface area contributed by atoms with Crippen LogP contribution in [0.4, 0.5) is 0 Å². The fraction of sp³-hybridized carbons (Fsp3) is 0.423. The number of hydrogen-bond donors (Lipinski definition) is 1. The minimum atomic E-state index is -0.504. The quantitative estimate of drug-likeness (QED) is 0.182. The zero-order valence-electron chi connectivity index (χ0n) is 19.9. The Hall–Kier alpha value is -3.35. The summed E-state index contributed by atoms with van der Waals surface area (Å²) in [6.07, 6.45) is 4.15. The molecule has 33 heavy (non-hydrogen) atoms. The molecule has 2 aromatic rings. The minimum absolute atomic E-state index is 0.145. The lowest BCUT2D eigenvalue weighted by Crippen LogP contribution is -2.10. The molecule has 0 aliphatic rings. The Morgan fingerprint density at radius 2 is 1.67 bits per heavy atom. The molecule has 0 atom stereocenters. The van der Waals surface area contributed by atoms with Crippen LogP contribution in [0.1, 0.15) is 44.7 Å². The van der Waals surface area contributed by atoms with Gasteiger partial charge in [-0.3, -0.25) is 0 Å². The van der Waals surface area contributed by atoms with Gasteiger partial charge in [-0.2, -0.15) is 0 Å². The molecule has 0 saturated heterocycles. The van der Waals surface area contributed by atoms with Crippen molar-refractivity contribution in [1.82, 2.24) is 0 Å². The molecule has 0 unspecified atom stereocenters. The van der Waals surface area contributed by atoms with Gasteiger partial charge >= 0.3 is 5.97 Å². The van der Waals surface area contributed by atoms with Gasteiger partial charge in [0.05, 0.1) is 33.5 Å². The average molecular weight is 459 g/mol. The average Bonchev–Trinajstić information content (AvgIpc) is 2.81. The van der Waals surface area contributed by atoms with Crippen LogP contribution in [0.25, 0.3) is 6.08 Å². The number of methoxy groups -OCH3 is 1. The third kappa shape index (κ3) is 8.25. The Kier molecular flexibility index (Phi) is 10.9. The van der Waals surface area contributed by atoms with Crippen molar-refractivity contribution in [2.75, 3.05) is 33.5 Å². The topological polar surface area (TPSA) is 83.5 Å². The van der Waals surface area contributed by atoms with Crippen LogP contribution in [-0.2, 0) is 20.7 Å². The Labute approximate surface area is 195 Å². The molecular formula is C26H34O7. The van der Waals surface area contributed by atoms with Crippen molar-refractivity contribution >= 4 is 12.0 Å². The van der Waals surface area contributed by atoms with E-state index < -0.39 is 5.97 Å². The molecule has 0 bridgehead atoms. The first-order valence-electron chi connectivity index (χ1n) is 11.3. The van der Waals surface area contributed by atoms with Crippen LogP contribution in [0, 0.1) is 0 Å². The molecule has 0 aliphatic heterocycles. The van der Waals surface area contributed by atoms with Gasteiger partial charge in [0.25, 0.3) is 0 Å². The molecule has 2 aromatic carbocycles. The molecule has 2 rings (SSSR count). The molecule has 0 aliphatic carbocycles. The maximum Gasteiger partial charge on any atom is 0.373 e. The summed E-state index contributed by atoms with van der Waals surface area (Å²) < 4.78 is 27.8. The van der Waals surface area contributed by atoms with Gasteiger partial charge in [-0.25, -0.2) is 4.79 Å². The summed E-state index contributed by atoms with van der Waals surface area (Å²) in [5, 5.41) is 9.63. The van der Waals surface area contributed by atoms with Crippen molar-refractivity contribution in [3.05, 3.63) is 53.3 Å². The van der Waals surface area contributed by atoms with Crippen molar-refractivity contribution in [2.45, 2.75) is 40.0 Å². The van der Waals surface area contributed by atoms with Gasteiger partial charge in [-0.15, -0.1) is 0 Å². The highest BCUT2D eigenvalue weighted by atomic mass is 16.6. The minimum Gasteiger partial charge on any atom is -0.508 e. The van der Waals surface area contributed by atoms with E-state index >= 15 is 0 Å². The van der Waals surface area contributed by atoms with E-state index in [1.807, 2.05) is 31.2 Å². The summed E-state index contributed by atoms with van der Waals surface area (Å²) in [5.74, 6) is 1.61. The van der Waals surface area contributed by atoms with Crippen molar-refractivity contribution < 1.29 is 33.6 Å². The number of carbonyl (C=O) groups is 1. The van der Waals surface area contributed by atoms with E-state index in [1.165, 1.54) is 0 Å². The van der Waals surface area contributed by atoms with Gasteiger partial charge < -0.3 is 28.8 Å². The Bertz CT molecular complexity index is 921. The van der Waals surface area contributed by atoms with Crippen LogP contribution in [0.3, 0.4) is 0 Å². The number of benzene rings is 2. The summed E-state index contributed by atoms with van der Waals surface area (Å²) in [6, 6.07) is 10.5. The highest BCUT2D eigenvalue weighted by Crippen LogP contribution is 2.31. The number of aromatic hydroxyl groups is 1. The van der Waals surface area contributed by atoms with Crippen molar-refractivity contribution in [3.8, 4) is 23.0 Å². The third-order valence-corrected chi connectivity index (χ3v) is 4.70. The summed E-state index contributed by atoms with van der Waals surface area (Å²) in [5.41, 5.74) is 1.67. The summed E-state index contributed by atoms with van der Waals surface area (Å²) >= 11 is 0. The first-order chi connectivity index (χ1) is 16.0. The van der Waals surface area contributed by atoms with Gasteiger partial charge in [0.1, 0.15) is 11.5 Å². The lowest BCUT2D eigenvalue weighted by Gasteiger charge is -2.15. The largest absolute Gasteiger partial charge is 0.508 e. The molecule has 0 spiro atoms. The van der Waals surface area contributed by atoms with Gasteiger partial charge in [0.15, 0.2) is 11.5 Å². The van der Waals surface area contributed by atoms with Crippen LogP contribution in [-0.4, -0.2) is 44.6 Å². The number of carbonyl (C=O) groups excluding carboxylic acids is 1. The predicted octanol–water partition coefficient (Wildman–Crippen LogP) is 5.14. The van der Waals surface area contributed by atoms with Crippen LogP contribution >= 0.6 is 0 Å². The summed E-state index contributed by atoms with van der Waals surface area (Å²) in [6.45, 7) is 7.24. The van der Waals surface area contributed by atoms with E-state index in [0.717, 1.165) is 24.0 Å². The SMILES string of the molecule is CCCCOc1cc(/C=C(\OCC)C(=O)OCC)ccc1OCCc1ccc(O)cc1OC. The predicted molar refractivity (Wildman–Crippen MR) is 127 cm³/mol. The number of rotatable bonds is 14. The molecule has 7 nitrogen and oxygen atoms in total. The van der Waals surface area contributed by atoms with E-state index in [9.17, 15) is 9.90 Å². The van der Waals surface area contributed by atoms with Crippen LogP contribution in [0.5, 0.6) is 23.0 Å². The number of unbranched alkanes of at least 4 members (excludes halogenated alkanes) is 1. The Morgan fingerprint density at radius 1 is 0.909 bits per heavy atom. The van der Waals surface area contributed by atoms with E-state index in [4.69, 9.17) is 23.7 Å². The fourth-order valence-corrected chi connectivity index (χ4v) is 3.05. The number of hydrogen-bond acceptors (Lipinski definition) is 7. The smallest absolute Gasteiger partial charge is 0.373 e. The van der Waals surface area contributed by atoms with Gasteiger partial charge in [-0.1, -0.05) is 25.5 Å². The monoisotopic (exact) mass is 458 g/mol. The fourth-order valence-electron chi connectivity index (χ4n) is 3.05. The Balaban J connectivity index is 2.19. The number of phenolic OH excluding ortho intramolecular Hbond substituents is 1. The lowest BCUT2D eigenvalue weighted by atomic mass is 10.1. The van der Waals surface area contributed by atoms with Gasteiger partial charge in [0.2, 0.25) is 5.76 Å². The van der Waals surface area contributed by atoms with Crippen LogP contribution in [0.15, 0.2) is 42.2 Å². The van der Waals surface area contributed by atoms with E-state index in [-0.39, 0.29) is 18.1 Å². The Morgan fingerprint density at radius 3 is 2.36 bits per heavy atom. The highest BCUT2D eigenvalue weighted by Gasteiger charge is 2.14. The molecule has 180 valence electrons. The highest BCUT2D eigenvalue weighted by molar-refractivity contribution is 5.91. The first kappa shape index (κ1) is 25.9. The normalized spacial score (nSPS) is 11.1. The molecule has 0 amide bonds. The summed E-state index contributed by atoms with van der Waals surface area (Å²) in [4.78, 5) is 12.2. The molecule has 0 radical (unpaired) electrons. The van der Waals surface area contributed by atoms with Crippen LogP contribution < -0.4 is 14.2 Å². The van der Waals surface area contributed by atoms with Gasteiger partial charge in [0, 0.05) is 12.5 Å². The molecular weight excluding hydrogens is 424 g/mol. The van der Waals surface area contributed by atoms with Crippen LogP contribution in [0.2, 0.25) is 0 Å². The molecule has 0 saturated carbocycles. The van der Waals surface area contributed by atoms with E-state index in [1.54, 1.807) is 32.2 Å². The second kappa shape index (κ2) is 13.9. The first-order valence-corrected chi connectivity index (χ1v) is 11.3. The van der Waals surface area contributed by atoms with Crippen molar-refractivity contribution in [2.24, 2.45) is 0 Å². The third-order valence-electron chi connectivity index (χ3n) is 4.70. The van der Waals surface area contributed by atoms with Crippen molar-refractivity contribution in [1.29, 1.82) is 0 Å². The molecule has 0 fully saturated rings. The lowest BCUT2D eigenvalue weighted by molar-refractivity contribution is -0.142. The summed E-state index contributed by atoms with van der Waals surface area (Å²) in [7, 11) is 1.57. The van der Waals surface area contributed by atoms with Crippen molar-refractivity contribution in [3.63, 3.8) is 0 Å². The second-order valence-electron chi connectivity index (χ2n) is 7.16. The zero-order chi connectivity index (χ0) is 24.1. The maximum atomic E-state index is 12.2. The maximum absolute atomic E-state index is 12.2. The van der Waals surface area contributed by atoms with Gasteiger partial charge in [-0.05, 0) is 55.7 Å². The van der Waals surface area contributed by atoms with E-state index in [0.29, 0.717) is 43.5 Å². The number of esters is 1. The molecule has 1 N–H and O–H groups in total. The zero-order valence-corrected chi connectivity index (χ0v) is 19.9. The molecule has 0 heterocycles. The van der Waals surface area contributed by atoms with E-state index in [2.05, 4.69) is 6.92 Å². The number of phenols is 1. The molecule has 7 heteroatoms. The molecule has 0 aromatic heterocycles.